The van der Waals surface area contributed by atoms with Crippen molar-refractivity contribution >= 4 is 11.8 Å². The first-order chi connectivity index (χ1) is 15.5. The normalized spacial score (nSPS) is 10.7. The highest BCUT2D eigenvalue weighted by Crippen LogP contribution is 2.17. The number of carbonyl (C=O) groups excluding carboxylic acids is 2. The maximum absolute atomic E-state index is 12.4. The molecule has 0 unspecified atom stereocenters. The summed E-state index contributed by atoms with van der Waals surface area (Å²) in [5, 5.41) is 5.42. The van der Waals surface area contributed by atoms with Crippen LogP contribution in [-0.2, 0) is 22.7 Å². The Hall–Kier alpha value is -4.20. The maximum atomic E-state index is 12.4. The molecule has 4 rings (SSSR count). The Bertz CT molecular complexity index is 1160. The van der Waals surface area contributed by atoms with E-state index in [0.29, 0.717) is 0 Å². The number of imidazole rings is 2. The lowest BCUT2D eigenvalue weighted by Gasteiger charge is -2.14. The number of para-hydroxylation sites is 2. The van der Waals surface area contributed by atoms with Gasteiger partial charge in [0.2, 0.25) is 0 Å². The zero-order valence-electron chi connectivity index (χ0n) is 17.9. The minimum atomic E-state index is -0.682. The van der Waals surface area contributed by atoms with E-state index in [1.54, 1.807) is 12.4 Å². The lowest BCUT2D eigenvalue weighted by atomic mass is 10.1. The molecule has 0 spiro atoms. The first kappa shape index (κ1) is 21.0. The van der Waals surface area contributed by atoms with Gasteiger partial charge >= 0.3 is 11.8 Å². The van der Waals surface area contributed by atoms with Crippen molar-refractivity contribution in [3.63, 3.8) is 0 Å². The molecule has 2 amide bonds. The summed E-state index contributed by atoms with van der Waals surface area (Å²) in [7, 11) is 0. The second kappa shape index (κ2) is 9.30. The van der Waals surface area contributed by atoms with Gasteiger partial charge in [0.25, 0.3) is 0 Å². The second-order valence-electron chi connectivity index (χ2n) is 7.31. The minimum absolute atomic E-state index is 0.227. The van der Waals surface area contributed by atoms with Gasteiger partial charge in [-0.1, -0.05) is 36.4 Å². The molecule has 0 aliphatic rings. The van der Waals surface area contributed by atoms with Crippen LogP contribution in [0.5, 0.6) is 0 Å². The molecule has 32 heavy (non-hydrogen) atoms. The molecule has 2 N–H and O–H groups in total. The molecular formula is C24H24N6O2. The zero-order chi connectivity index (χ0) is 22.5. The van der Waals surface area contributed by atoms with Crippen molar-refractivity contribution in [2.24, 2.45) is 0 Å². The van der Waals surface area contributed by atoms with Crippen molar-refractivity contribution in [3.05, 3.63) is 96.1 Å². The lowest BCUT2D eigenvalue weighted by molar-refractivity contribution is -0.139. The van der Waals surface area contributed by atoms with E-state index in [-0.39, 0.29) is 13.1 Å². The molecule has 0 saturated heterocycles. The first-order valence-electron chi connectivity index (χ1n) is 10.3. The molecule has 0 aliphatic heterocycles. The SMILES string of the molecule is Cc1nccn1-c1ccccc1CNC(=O)C(=O)NCc1ccccc1-n1ccnc1C. The van der Waals surface area contributed by atoms with Crippen LogP contribution in [0, 0.1) is 13.8 Å². The van der Waals surface area contributed by atoms with Crippen LogP contribution in [0.2, 0.25) is 0 Å². The molecule has 162 valence electrons. The maximum Gasteiger partial charge on any atom is 0.309 e. The van der Waals surface area contributed by atoms with E-state index in [9.17, 15) is 9.59 Å². The Kier molecular flexibility index (Phi) is 6.12. The quantitative estimate of drug-likeness (QED) is 0.462. The molecule has 0 radical (unpaired) electrons. The van der Waals surface area contributed by atoms with Gasteiger partial charge in [-0.3, -0.25) is 9.59 Å². The van der Waals surface area contributed by atoms with Crippen LogP contribution < -0.4 is 10.6 Å². The molecule has 2 aromatic carbocycles. The number of aryl methyl sites for hydroxylation is 2. The van der Waals surface area contributed by atoms with E-state index in [1.807, 2.05) is 83.9 Å². The molecule has 2 aromatic heterocycles. The highest BCUT2D eigenvalue weighted by Gasteiger charge is 2.15. The number of nitrogens with zero attached hydrogens (tertiary/aromatic N) is 4. The minimum Gasteiger partial charge on any atom is -0.344 e. The number of hydrogen-bond acceptors (Lipinski definition) is 4. The van der Waals surface area contributed by atoms with E-state index in [2.05, 4.69) is 20.6 Å². The largest absolute Gasteiger partial charge is 0.344 e. The van der Waals surface area contributed by atoms with Gasteiger partial charge in [0.05, 0.1) is 11.4 Å². The van der Waals surface area contributed by atoms with Gasteiger partial charge in [0.1, 0.15) is 11.6 Å². The Morgan fingerprint density at radius 2 is 1.12 bits per heavy atom. The smallest absolute Gasteiger partial charge is 0.309 e. The second-order valence-corrected chi connectivity index (χ2v) is 7.31. The topological polar surface area (TPSA) is 93.8 Å². The fraction of sp³-hybridized carbons (Fsp3) is 0.167. The van der Waals surface area contributed by atoms with Crippen molar-refractivity contribution in [1.82, 2.24) is 29.7 Å². The van der Waals surface area contributed by atoms with Gasteiger partial charge in [0.15, 0.2) is 0 Å². The van der Waals surface area contributed by atoms with Crippen LogP contribution in [0.3, 0.4) is 0 Å². The molecule has 4 aromatic rings. The van der Waals surface area contributed by atoms with E-state index in [4.69, 9.17) is 0 Å². The van der Waals surface area contributed by atoms with Crippen LogP contribution >= 0.6 is 0 Å². The third kappa shape index (κ3) is 4.44. The highest BCUT2D eigenvalue weighted by atomic mass is 16.2. The Morgan fingerprint density at radius 3 is 1.50 bits per heavy atom. The molecule has 0 fully saturated rings. The van der Waals surface area contributed by atoms with Gasteiger partial charge < -0.3 is 19.8 Å². The predicted octanol–water partition coefficient (Wildman–Crippen LogP) is 2.61. The molecule has 0 aliphatic carbocycles. The van der Waals surface area contributed by atoms with Crippen molar-refractivity contribution in [1.29, 1.82) is 0 Å². The summed E-state index contributed by atoms with van der Waals surface area (Å²) in [6.45, 7) is 4.27. The average molecular weight is 428 g/mol. The van der Waals surface area contributed by atoms with Gasteiger partial charge in [-0.2, -0.15) is 0 Å². The third-order valence-electron chi connectivity index (χ3n) is 5.24. The Balaban J connectivity index is 1.39. The van der Waals surface area contributed by atoms with Crippen LogP contribution in [0.25, 0.3) is 11.4 Å². The van der Waals surface area contributed by atoms with Crippen LogP contribution in [-0.4, -0.2) is 30.9 Å². The third-order valence-corrected chi connectivity index (χ3v) is 5.24. The van der Waals surface area contributed by atoms with Crippen LogP contribution in [0.15, 0.2) is 73.3 Å². The predicted molar refractivity (Wildman–Crippen MR) is 120 cm³/mol. The van der Waals surface area contributed by atoms with Gasteiger partial charge in [0, 0.05) is 37.9 Å². The Morgan fingerprint density at radius 1 is 0.719 bits per heavy atom. The van der Waals surface area contributed by atoms with Crippen molar-refractivity contribution < 1.29 is 9.59 Å². The summed E-state index contributed by atoms with van der Waals surface area (Å²) < 4.78 is 3.88. The number of nitrogens with one attached hydrogen (secondary N) is 2. The molecule has 2 heterocycles. The Labute approximate surface area is 185 Å². The molecule has 0 saturated carbocycles. The van der Waals surface area contributed by atoms with E-state index >= 15 is 0 Å². The van der Waals surface area contributed by atoms with Crippen molar-refractivity contribution in [2.75, 3.05) is 0 Å². The van der Waals surface area contributed by atoms with Gasteiger partial charge in [-0.05, 0) is 37.1 Å². The van der Waals surface area contributed by atoms with E-state index in [1.165, 1.54) is 0 Å². The summed E-state index contributed by atoms with van der Waals surface area (Å²) in [5.74, 6) is 0.318. The number of amides is 2. The van der Waals surface area contributed by atoms with E-state index < -0.39 is 11.8 Å². The number of carbonyl (C=O) groups is 2. The fourth-order valence-electron chi connectivity index (χ4n) is 3.57. The summed E-state index contributed by atoms with van der Waals surface area (Å²) in [6.07, 6.45) is 7.17. The van der Waals surface area contributed by atoms with Crippen LogP contribution in [0.1, 0.15) is 22.8 Å². The number of aromatic nitrogens is 4. The van der Waals surface area contributed by atoms with Crippen molar-refractivity contribution in [3.8, 4) is 11.4 Å². The van der Waals surface area contributed by atoms with Gasteiger partial charge in [-0.25, -0.2) is 9.97 Å². The van der Waals surface area contributed by atoms with Gasteiger partial charge in [-0.15, -0.1) is 0 Å². The summed E-state index contributed by atoms with van der Waals surface area (Å²) in [5.41, 5.74) is 3.59. The number of rotatable bonds is 6. The standard InChI is InChI=1S/C24H24N6O2/c1-17-25-11-13-29(17)21-9-5-3-7-19(21)15-27-23(31)24(32)28-16-20-8-4-6-10-22(20)30-14-12-26-18(30)2/h3-14H,15-16H2,1-2H3,(H,27,31)(H,28,32). The molecule has 0 bridgehead atoms. The highest BCUT2D eigenvalue weighted by molar-refractivity contribution is 6.35. The summed E-state index contributed by atoms with van der Waals surface area (Å²) >= 11 is 0. The fourth-order valence-corrected chi connectivity index (χ4v) is 3.57. The molecular weight excluding hydrogens is 404 g/mol. The first-order valence-corrected chi connectivity index (χ1v) is 10.3. The average Bonchev–Trinajstić information content (AvgIpc) is 3.44. The number of benzene rings is 2. The summed E-state index contributed by atoms with van der Waals surface area (Å²) in [4.78, 5) is 33.3. The molecule has 8 heteroatoms. The monoisotopic (exact) mass is 428 g/mol. The molecule has 0 atom stereocenters. The number of hydrogen-bond donors (Lipinski definition) is 2. The zero-order valence-corrected chi connectivity index (χ0v) is 17.9. The van der Waals surface area contributed by atoms with E-state index in [0.717, 1.165) is 34.2 Å². The van der Waals surface area contributed by atoms with Crippen LogP contribution in [0.4, 0.5) is 0 Å². The lowest BCUT2D eigenvalue weighted by Crippen LogP contribution is -2.39. The van der Waals surface area contributed by atoms with Crippen molar-refractivity contribution in [2.45, 2.75) is 26.9 Å². The summed E-state index contributed by atoms with van der Waals surface area (Å²) in [6, 6.07) is 15.4. The molecule has 8 nitrogen and oxygen atoms in total.